The molecular formula is C28H27N3OS. The maximum atomic E-state index is 13.5. The predicted molar refractivity (Wildman–Crippen MR) is 134 cm³/mol. The van der Waals surface area contributed by atoms with Gasteiger partial charge in [-0.1, -0.05) is 43.3 Å². The Balaban J connectivity index is 1.48. The first-order valence-electron chi connectivity index (χ1n) is 11.1. The second-order valence-electron chi connectivity index (χ2n) is 7.87. The summed E-state index contributed by atoms with van der Waals surface area (Å²) in [5, 5.41) is 0. The average molecular weight is 454 g/mol. The molecule has 0 aliphatic rings. The molecular weight excluding hydrogens is 426 g/mol. The molecule has 0 aliphatic carbocycles. The molecule has 5 heteroatoms. The predicted octanol–water partition coefficient (Wildman–Crippen LogP) is 6.17. The summed E-state index contributed by atoms with van der Waals surface area (Å²) in [6.07, 6.45) is 8.24. The Labute approximate surface area is 199 Å². The van der Waals surface area contributed by atoms with Crippen LogP contribution >= 0.6 is 11.8 Å². The first kappa shape index (κ1) is 22.7. The van der Waals surface area contributed by atoms with E-state index in [1.807, 2.05) is 59.8 Å². The molecule has 2 aromatic heterocycles. The molecule has 0 atom stereocenters. The number of rotatable bonds is 9. The number of carbonyl (C=O) groups is 1. The highest BCUT2D eigenvalue weighted by atomic mass is 32.2. The van der Waals surface area contributed by atoms with Gasteiger partial charge in [0.25, 0.3) is 5.91 Å². The summed E-state index contributed by atoms with van der Waals surface area (Å²) < 4.78 is 0. The molecule has 4 nitrogen and oxygen atoms in total. The minimum Gasteiger partial charge on any atom is -0.330 e. The van der Waals surface area contributed by atoms with E-state index in [1.165, 1.54) is 11.1 Å². The first-order valence-corrected chi connectivity index (χ1v) is 12.1. The van der Waals surface area contributed by atoms with Crippen molar-refractivity contribution in [3.8, 4) is 0 Å². The Hall–Kier alpha value is -3.44. The van der Waals surface area contributed by atoms with Crippen LogP contribution in [0.15, 0.2) is 102 Å². The van der Waals surface area contributed by atoms with E-state index < -0.39 is 0 Å². The number of hydrogen-bond acceptors (Lipinski definition) is 4. The highest BCUT2D eigenvalue weighted by molar-refractivity contribution is 7.98. The number of nitrogens with zero attached hydrogens (tertiary/aromatic N) is 3. The van der Waals surface area contributed by atoms with Crippen LogP contribution < -0.4 is 0 Å². The minimum absolute atomic E-state index is 0.0160. The molecule has 0 saturated carbocycles. The third-order valence-corrected chi connectivity index (χ3v) is 6.50. The third kappa shape index (κ3) is 6.53. The summed E-state index contributed by atoms with van der Waals surface area (Å²) >= 11 is 1.74. The number of thioether (sulfide) groups is 1. The van der Waals surface area contributed by atoms with Gasteiger partial charge in [0.1, 0.15) is 0 Å². The van der Waals surface area contributed by atoms with Crippen molar-refractivity contribution in [2.24, 2.45) is 0 Å². The largest absolute Gasteiger partial charge is 0.330 e. The van der Waals surface area contributed by atoms with Crippen LogP contribution in [0.1, 0.15) is 39.5 Å². The van der Waals surface area contributed by atoms with Crippen LogP contribution in [0.5, 0.6) is 0 Å². The molecule has 4 aromatic rings. The van der Waals surface area contributed by atoms with Gasteiger partial charge in [0.05, 0.1) is 0 Å². The van der Waals surface area contributed by atoms with Gasteiger partial charge in [-0.25, -0.2) is 0 Å². The standard InChI is InChI=1S/C28H27N3OS/c1-2-22-7-9-23(10-8-22)19-31(20-24-5-3-15-29-17-24)28(32)26-11-13-27(14-12-26)33-21-25-6-4-16-30-18-25/h3-18H,2,19-21H2,1H3. The van der Waals surface area contributed by atoms with Crippen molar-refractivity contribution in [3.05, 3.63) is 125 Å². The van der Waals surface area contributed by atoms with Gasteiger partial charge in [-0.05, 0) is 65.1 Å². The summed E-state index contributed by atoms with van der Waals surface area (Å²) in [5.74, 6) is 0.865. The van der Waals surface area contributed by atoms with Gasteiger partial charge >= 0.3 is 0 Å². The lowest BCUT2D eigenvalue weighted by Gasteiger charge is -2.23. The van der Waals surface area contributed by atoms with Crippen molar-refractivity contribution in [2.75, 3.05) is 0 Å². The van der Waals surface area contributed by atoms with E-state index in [1.54, 1.807) is 24.2 Å². The van der Waals surface area contributed by atoms with Crippen LogP contribution in [0.2, 0.25) is 0 Å². The van der Waals surface area contributed by atoms with Crippen molar-refractivity contribution in [2.45, 2.75) is 37.1 Å². The van der Waals surface area contributed by atoms with Crippen LogP contribution in [0.3, 0.4) is 0 Å². The van der Waals surface area contributed by atoms with Crippen molar-refractivity contribution >= 4 is 17.7 Å². The molecule has 0 bridgehead atoms. The Morgan fingerprint density at radius 3 is 1.97 bits per heavy atom. The molecule has 4 rings (SSSR count). The number of pyridine rings is 2. The Kier molecular flexibility index (Phi) is 7.88. The van der Waals surface area contributed by atoms with Gasteiger partial charge < -0.3 is 4.90 Å². The fraction of sp³-hybridized carbons (Fsp3) is 0.179. The maximum Gasteiger partial charge on any atom is 0.254 e. The molecule has 0 radical (unpaired) electrons. The molecule has 0 spiro atoms. The number of benzene rings is 2. The monoisotopic (exact) mass is 453 g/mol. The van der Waals surface area contributed by atoms with E-state index in [4.69, 9.17) is 0 Å². The summed E-state index contributed by atoms with van der Waals surface area (Å²) in [6, 6.07) is 24.3. The molecule has 166 valence electrons. The Bertz CT molecular complexity index is 1150. The van der Waals surface area contributed by atoms with Gasteiger partial charge in [-0.2, -0.15) is 0 Å². The Morgan fingerprint density at radius 1 is 0.758 bits per heavy atom. The molecule has 33 heavy (non-hydrogen) atoms. The number of aryl methyl sites for hydroxylation is 1. The lowest BCUT2D eigenvalue weighted by Crippen LogP contribution is -2.30. The van der Waals surface area contributed by atoms with E-state index in [9.17, 15) is 4.79 Å². The fourth-order valence-electron chi connectivity index (χ4n) is 3.54. The topological polar surface area (TPSA) is 46.1 Å². The zero-order valence-electron chi connectivity index (χ0n) is 18.7. The van der Waals surface area contributed by atoms with Gasteiger partial charge in [0, 0.05) is 54.1 Å². The Morgan fingerprint density at radius 2 is 1.36 bits per heavy atom. The SMILES string of the molecule is CCc1ccc(CN(Cc2cccnc2)C(=O)c2ccc(SCc3cccnc3)cc2)cc1. The number of hydrogen-bond donors (Lipinski definition) is 0. The van der Waals surface area contributed by atoms with E-state index in [0.717, 1.165) is 28.2 Å². The van der Waals surface area contributed by atoms with Crippen LogP contribution in [-0.2, 0) is 25.3 Å². The lowest BCUT2D eigenvalue weighted by atomic mass is 10.1. The second kappa shape index (κ2) is 11.4. The number of aromatic nitrogens is 2. The van der Waals surface area contributed by atoms with Gasteiger partial charge in [-0.3, -0.25) is 14.8 Å². The molecule has 1 amide bonds. The van der Waals surface area contributed by atoms with Gasteiger partial charge in [0.2, 0.25) is 0 Å². The molecule has 0 aliphatic heterocycles. The summed E-state index contributed by atoms with van der Waals surface area (Å²) in [6.45, 7) is 3.21. The maximum absolute atomic E-state index is 13.5. The number of amides is 1. The van der Waals surface area contributed by atoms with Crippen molar-refractivity contribution in [1.82, 2.24) is 14.9 Å². The molecule has 0 N–H and O–H groups in total. The zero-order valence-corrected chi connectivity index (χ0v) is 19.5. The van der Waals surface area contributed by atoms with Crippen LogP contribution in [0.25, 0.3) is 0 Å². The van der Waals surface area contributed by atoms with Crippen LogP contribution in [-0.4, -0.2) is 20.8 Å². The van der Waals surface area contributed by atoms with E-state index in [0.29, 0.717) is 18.7 Å². The van der Waals surface area contributed by atoms with Crippen LogP contribution in [0, 0.1) is 0 Å². The quantitative estimate of drug-likeness (QED) is 0.284. The zero-order chi connectivity index (χ0) is 22.9. The number of carbonyl (C=O) groups excluding carboxylic acids is 1. The van der Waals surface area contributed by atoms with E-state index in [-0.39, 0.29) is 5.91 Å². The molecule has 0 saturated heterocycles. The van der Waals surface area contributed by atoms with Crippen molar-refractivity contribution < 1.29 is 4.79 Å². The lowest BCUT2D eigenvalue weighted by molar-refractivity contribution is 0.0730. The second-order valence-corrected chi connectivity index (χ2v) is 8.92. The highest BCUT2D eigenvalue weighted by Crippen LogP contribution is 2.23. The fourth-order valence-corrected chi connectivity index (χ4v) is 4.37. The van der Waals surface area contributed by atoms with Crippen molar-refractivity contribution in [1.29, 1.82) is 0 Å². The normalized spacial score (nSPS) is 10.7. The van der Waals surface area contributed by atoms with E-state index >= 15 is 0 Å². The van der Waals surface area contributed by atoms with Crippen LogP contribution in [0.4, 0.5) is 0 Å². The van der Waals surface area contributed by atoms with E-state index in [2.05, 4.69) is 47.2 Å². The summed E-state index contributed by atoms with van der Waals surface area (Å²) in [7, 11) is 0. The minimum atomic E-state index is 0.0160. The third-order valence-electron chi connectivity index (χ3n) is 5.42. The smallest absolute Gasteiger partial charge is 0.254 e. The molecule has 2 aromatic carbocycles. The summed E-state index contributed by atoms with van der Waals surface area (Å²) in [5.41, 5.74) is 5.30. The molecule has 0 fully saturated rings. The van der Waals surface area contributed by atoms with Gasteiger partial charge in [-0.15, -0.1) is 11.8 Å². The van der Waals surface area contributed by atoms with Gasteiger partial charge in [0.15, 0.2) is 0 Å². The average Bonchev–Trinajstić information content (AvgIpc) is 2.88. The first-order chi connectivity index (χ1) is 16.2. The molecule has 0 unspecified atom stereocenters. The molecule has 2 heterocycles. The highest BCUT2D eigenvalue weighted by Gasteiger charge is 2.17. The summed E-state index contributed by atoms with van der Waals surface area (Å²) in [4.78, 5) is 24.8. The van der Waals surface area contributed by atoms with Crippen molar-refractivity contribution in [3.63, 3.8) is 0 Å².